The summed E-state index contributed by atoms with van der Waals surface area (Å²) in [5.41, 5.74) is -0.197. The Hall–Kier alpha value is -2.44. The first kappa shape index (κ1) is 13.0. The number of H-pyrrole nitrogens is 1. The summed E-state index contributed by atoms with van der Waals surface area (Å²) >= 11 is 0. The Morgan fingerprint density at radius 1 is 1.58 bits per heavy atom. The minimum absolute atomic E-state index is 0.150. The normalized spacial score (nSPS) is 12.1. The molecule has 0 saturated carbocycles. The molecule has 0 aliphatic rings. The Labute approximate surface area is 109 Å². The smallest absolute Gasteiger partial charge is 0.276 e. The van der Waals surface area contributed by atoms with Crippen LogP contribution in [0.3, 0.4) is 0 Å². The molecule has 0 radical (unpaired) electrons. The predicted octanol–water partition coefficient (Wildman–Crippen LogP) is 1.19. The van der Waals surface area contributed by atoms with Crippen molar-refractivity contribution in [3.63, 3.8) is 0 Å². The van der Waals surface area contributed by atoms with Crippen LogP contribution >= 0.6 is 0 Å². The molecule has 0 saturated heterocycles. The molecule has 7 nitrogen and oxygen atoms in total. The second kappa shape index (κ2) is 5.47. The molecule has 1 amide bonds. The Morgan fingerprint density at radius 2 is 2.37 bits per heavy atom. The highest BCUT2D eigenvalue weighted by Crippen LogP contribution is 2.16. The lowest BCUT2D eigenvalue weighted by Crippen LogP contribution is -2.20. The van der Waals surface area contributed by atoms with Crippen molar-refractivity contribution >= 4 is 11.7 Å². The Balaban J connectivity index is 2.17. The lowest BCUT2D eigenvalue weighted by molar-refractivity contribution is 0.102. The molecular formula is C12H15N5O2. The van der Waals surface area contributed by atoms with E-state index in [4.69, 9.17) is 0 Å². The van der Waals surface area contributed by atoms with Crippen LogP contribution in [0.15, 0.2) is 29.5 Å². The maximum Gasteiger partial charge on any atom is 0.276 e. The number of aromatic nitrogens is 4. The molecular weight excluding hydrogens is 246 g/mol. The molecule has 2 heterocycles. The maximum atomic E-state index is 11.9. The fraction of sp³-hybridized carbons (Fsp3) is 0.333. The fourth-order valence-corrected chi connectivity index (χ4v) is 1.58. The molecule has 100 valence electrons. The van der Waals surface area contributed by atoms with Crippen LogP contribution in [0.5, 0.6) is 0 Å². The van der Waals surface area contributed by atoms with Gasteiger partial charge in [0.1, 0.15) is 11.5 Å². The molecule has 0 unspecified atom stereocenters. The predicted molar refractivity (Wildman–Crippen MR) is 70.0 cm³/mol. The average molecular weight is 261 g/mol. The van der Waals surface area contributed by atoms with Crippen molar-refractivity contribution in [2.24, 2.45) is 0 Å². The van der Waals surface area contributed by atoms with Crippen molar-refractivity contribution < 1.29 is 4.79 Å². The van der Waals surface area contributed by atoms with Gasteiger partial charge in [0.05, 0.1) is 18.4 Å². The van der Waals surface area contributed by atoms with Crippen molar-refractivity contribution in [1.29, 1.82) is 0 Å². The minimum Gasteiger partial charge on any atom is -0.325 e. The monoisotopic (exact) mass is 261 g/mol. The highest BCUT2D eigenvalue weighted by molar-refractivity contribution is 6.02. The molecule has 2 aromatic rings. The van der Waals surface area contributed by atoms with E-state index in [1.54, 1.807) is 16.9 Å². The number of rotatable bonds is 4. The summed E-state index contributed by atoms with van der Waals surface area (Å²) < 4.78 is 1.74. The first-order valence-corrected chi connectivity index (χ1v) is 6.01. The van der Waals surface area contributed by atoms with Crippen LogP contribution in [0, 0.1) is 0 Å². The number of hydrogen-bond donors (Lipinski definition) is 2. The van der Waals surface area contributed by atoms with Gasteiger partial charge in [-0.05, 0) is 13.3 Å². The first-order valence-electron chi connectivity index (χ1n) is 6.01. The van der Waals surface area contributed by atoms with Crippen LogP contribution in [0.25, 0.3) is 0 Å². The number of nitrogens with zero attached hydrogens (tertiary/aromatic N) is 3. The van der Waals surface area contributed by atoms with Crippen LogP contribution < -0.4 is 10.9 Å². The molecule has 0 aliphatic carbocycles. The number of anilines is 1. The van der Waals surface area contributed by atoms with Crippen molar-refractivity contribution in [3.8, 4) is 0 Å². The quantitative estimate of drug-likeness (QED) is 0.864. The molecule has 2 aromatic heterocycles. The van der Waals surface area contributed by atoms with Gasteiger partial charge < -0.3 is 10.3 Å². The van der Waals surface area contributed by atoms with Gasteiger partial charge in [-0.2, -0.15) is 5.10 Å². The molecule has 7 heteroatoms. The van der Waals surface area contributed by atoms with E-state index in [0.717, 1.165) is 12.6 Å². The largest absolute Gasteiger partial charge is 0.325 e. The number of hydrogen-bond acceptors (Lipinski definition) is 4. The fourth-order valence-electron chi connectivity index (χ4n) is 1.58. The van der Waals surface area contributed by atoms with Crippen molar-refractivity contribution in [2.45, 2.75) is 26.3 Å². The molecule has 0 bridgehead atoms. The van der Waals surface area contributed by atoms with Crippen LogP contribution in [0.4, 0.5) is 5.82 Å². The molecule has 0 aromatic carbocycles. The number of carbonyl (C=O) groups is 1. The molecule has 2 rings (SSSR count). The number of nitrogens with one attached hydrogen (secondary N) is 2. The van der Waals surface area contributed by atoms with Crippen molar-refractivity contribution in [3.05, 3.63) is 40.7 Å². The molecule has 19 heavy (non-hydrogen) atoms. The van der Waals surface area contributed by atoms with E-state index in [0.29, 0.717) is 5.82 Å². The second-order valence-electron chi connectivity index (χ2n) is 4.17. The summed E-state index contributed by atoms with van der Waals surface area (Å²) in [6.45, 7) is 4.06. The zero-order valence-corrected chi connectivity index (χ0v) is 10.8. The van der Waals surface area contributed by atoms with E-state index in [2.05, 4.69) is 20.4 Å². The van der Waals surface area contributed by atoms with Crippen LogP contribution in [0.2, 0.25) is 0 Å². The average Bonchev–Trinajstić information content (AvgIpc) is 2.86. The summed E-state index contributed by atoms with van der Waals surface area (Å²) in [6.07, 6.45) is 4.88. The summed E-state index contributed by atoms with van der Waals surface area (Å²) in [6, 6.07) is 1.91. The van der Waals surface area contributed by atoms with Gasteiger partial charge in [-0.3, -0.25) is 9.59 Å². The topological polar surface area (TPSA) is 92.7 Å². The van der Waals surface area contributed by atoms with E-state index >= 15 is 0 Å². The van der Waals surface area contributed by atoms with Crippen LogP contribution in [-0.4, -0.2) is 25.7 Å². The van der Waals surface area contributed by atoms with Gasteiger partial charge in [-0.25, -0.2) is 9.67 Å². The number of amides is 1. The zero-order valence-electron chi connectivity index (χ0n) is 10.8. The number of carbonyl (C=O) groups excluding carboxylic acids is 1. The highest BCUT2D eigenvalue weighted by Gasteiger charge is 2.13. The minimum atomic E-state index is -0.388. The van der Waals surface area contributed by atoms with Crippen molar-refractivity contribution in [1.82, 2.24) is 19.7 Å². The van der Waals surface area contributed by atoms with E-state index in [9.17, 15) is 9.59 Å². The van der Waals surface area contributed by atoms with E-state index in [1.165, 1.54) is 6.20 Å². The Morgan fingerprint density at radius 3 is 3.00 bits per heavy atom. The lowest BCUT2D eigenvalue weighted by atomic mass is 10.3. The molecule has 2 N–H and O–H groups in total. The van der Waals surface area contributed by atoms with Crippen molar-refractivity contribution in [2.75, 3.05) is 5.32 Å². The SMILES string of the molecule is CC[C@@H](C)n1nccc1NC(=O)c1c[nH]c(=O)cn1. The molecule has 1 atom stereocenters. The van der Waals surface area contributed by atoms with Gasteiger partial charge in [0.25, 0.3) is 11.5 Å². The van der Waals surface area contributed by atoms with Gasteiger partial charge in [-0.1, -0.05) is 6.92 Å². The third-order valence-electron chi connectivity index (χ3n) is 2.82. The molecule has 0 spiro atoms. The Bertz CT molecular complexity index is 611. The van der Waals surface area contributed by atoms with Crippen LogP contribution in [0.1, 0.15) is 36.8 Å². The third kappa shape index (κ3) is 2.87. The zero-order chi connectivity index (χ0) is 13.8. The Kier molecular flexibility index (Phi) is 3.74. The van der Waals surface area contributed by atoms with Gasteiger partial charge in [0.15, 0.2) is 0 Å². The maximum absolute atomic E-state index is 11.9. The number of aromatic amines is 1. The highest BCUT2D eigenvalue weighted by atomic mass is 16.2. The summed E-state index contributed by atoms with van der Waals surface area (Å²) in [4.78, 5) is 29.0. The van der Waals surface area contributed by atoms with Gasteiger partial charge in [0, 0.05) is 12.3 Å². The van der Waals surface area contributed by atoms with Gasteiger partial charge >= 0.3 is 0 Å². The first-order chi connectivity index (χ1) is 9.11. The van der Waals surface area contributed by atoms with Gasteiger partial charge in [0.2, 0.25) is 0 Å². The standard InChI is InChI=1S/C12H15N5O2/c1-3-8(2)17-10(4-5-15-17)16-12(19)9-6-14-11(18)7-13-9/h4-8H,3H2,1-2H3,(H,14,18)(H,16,19)/t8-/m1/s1. The summed E-state index contributed by atoms with van der Waals surface area (Å²) in [5.74, 6) is 0.216. The van der Waals surface area contributed by atoms with Crippen LogP contribution in [-0.2, 0) is 0 Å². The summed E-state index contributed by atoms with van der Waals surface area (Å²) in [7, 11) is 0. The molecule has 0 aliphatic heterocycles. The summed E-state index contributed by atoms with van der Waals surface area (Å²) in [5, 5.41) is 6.89. The molecule has 0 fully saturated rings. The van der Waals surface area contributed by atoms with Gasteiger partial charge in [-0.15, -0.1) is 0 Å². The lowest BCUT2D eigenvalue weighted by Gasteiger charge is -2.13. The van der Waals surface area contributed by atoms with E-state index < -0.39 is 0 Å². The second-order valence-corrected chi connectivity index (χ2v) is 4.17. The van der Waals surface area contributed by atoms with E-state index in [1.807, 2.05) is 13.8 Å². The third-order valence-corrected chi connectivity index (χ3v) is 2.82. The van der Waals surface area contributed by atoms with E-state index in [-0.39, 0.29) is 23.2 Å².